The van der Waals surface area contributed by atoms with E-state index in [0.717, 1.165) is 22.7 Å². The van der Waals surface area contributed by atoms with E-state index in [1.54, 1.807) is 6.08 Å². The first-order valence-electron chi connectivity index (χ1n) is 5.38. The van der Waals surface area contributed by atoms with Gasteiger partial charge in [0.25, 0.3) is 0 Å². The summed E-state index contributed by atoms with van der Waals surface area (Å²) in [5, 5.41) is 11.5. The Hall–Kier alpha value is -2.10. The summed E-state index contributed by atoms with van der Waals surface area (Å²) in [6.45, 7) is 4.12. The van der Waals surface area contributed by atoms with Gasteiger partial charge in [-0.1, -0.05) is 18.2 Å². The molecule has 0 N–H and O–H groups in total. The molecular weight excluding hydrogens is 216 g/mol. The summed E-state index contributed by atoms with van der Waals surface area (Å²) in [5.41, 5.74) is 4.32. The molecule has 1 heterocycles. The third-order valence-corrected chi connectivity index (χ3v) is 3.23. The molecule has 88 valence electrons. The van der Waals surface area contributed by atoms with Gasteiger partial charge in [-0.25, -0.2) is 0 Å². The number of benzene rings is 1. The first-order valence-corrected chi connectivity index (χ1v) is 5.38. The molecule has 2 rings (SSSR count). The van der Waals surface area contributed by atoms with Crippen molar-refractivity contribution in [2.24, 2.45) is 7.05 Å². The molecule has 1 aromatic heterocycles. The second kappa shape index (κ2) is 4.05. The monoisotopic (exact) mass is 230 g/mol. The Morgan fingerprint density at radius 3 is 2.71 bits per heavy atom. The van der Waals surface area contributed by atoms with Gasteiger partial charge in [-0.3, -0.25) is 10.1 Å². The fraction of sp³-hybridized carbons (Fsp3) is 0.231. The van der Waals surface area contributed by atoms with Crippen molar-refractivity contribution >= 4 is 17.0 Å². The molecule has 4 heteroatoms. The molecule has 0 aliphatic carbocycles. The minimum absolute atomic E-state index is 0.443. The minimum Gasteiger partial charge on any atom is -0.347 e. The summed E-state index contributed by atoms with van der Waals surface area (Å²) in [4.78, 5) is 9.93. The van der Waals surface area contributed by atoms with E-state index in [4.69, 9.17) is 0 Å². The van der Waals surface area contributed by atoms with E-state index in [2.05, 4.69) is 18.4 Å². The average Bonchev–Trinajstić information content (AvgIpc) is 2.52. The maximum absolute atomic E-state index is 10.4. The van der Waals surface area contributed by atoms with Crippen molar-refractivity contribution in [1.82, 2.24) is 4.57 Å². The molecule has 0 amide bonds. The van der Waals surface area contributed by atoms with E-state index in [-0.39, 0.29) is 0 Å². The number of nitrogens with zero attached hydrogens (tertiary/aromatic N) is 2. The van der Waals surface area contributed by atoms with Crippen LogP contribution in [0.4, 0.5) is 0 Å². The first-order chi connectivity index (χ1) is 8.02. The van der Waals surface area contributed by atoms with Crippen molar-refractivity contribution in [2.75, 3.05) is 0 Å². The highest BCUT2D eigenvalue weighted by atomic mass is 16.6. The third-order valence-electron chi connectivity index (χ3n) is 3.23. The number of fused-ring (bicyclic) bond motifs is 1. The van der Waals surface area contributed by atoms with Crippen molar-refractivity contribution in [3.63, 3.8) is 0 Å². The van der Waals surface area contributed by atoms with Crippen LogP contribution in [0, 0.1) is 24.0 Å². The van der Waals surface area contributed by atoms with E-state index in [9.17, 15) is 10.1 Å². The maximum atomic E-state index is 10.4. The first kappa shape index (κ1) is 11.4. The van der Waals surface area contributed by atoms with Crippen LogP contribution in [0.5, 0.6) is 0 Å². The predicted molar refractivity (Wildman–Crippen MR) is 68.4 cm³/mol. The molecule has 0 radical (unpaired) electrons. The Kier molecular flexibility index (Phi) is 2.71. The maximum Gasteiger partial charge on any atom is 0.235 e. The van der Waals surface area contributed by atoms with Gasteiger partial charge in [-0.15, -0.1) is 0 Å². The average molecular weight is 230 g/mol. The fourth-order valence-corrected chi connectivity index (χ4v) is 2.13. The van der Waals surface area contributed by atoms with Crippen LogP contribution >= 0.6 is 0 Å². The van der Waals surface area contributed by atoms with Crippen LogP contribution in [-0.4, -0.2) is 9.49 Å². The SMILES string of the molecule is Cc1c(C)n(C)c2c(C=C[N+](=O)[O-])cccc12. The lowest BCUT2D eigenvalue weighted by Crippen LogP contribution is -1.92. The highest BCUT2D eigenvalue weighted by Gasteiger charge is 2.10. The normalized spacial score (nSPS) is 11.5. The Balaban J connectivity index is 2.73. The van der Waals surface area contributed by atoms with Gasteiger partial charge >= 0.3 is 0 Å². The zero-order valence-corrected chi connectivity index (χ0v) is 10.1. The predicted octanol–water partition coefficient (Wildman–Crippen LogP) is 3.04. The Morgan fingerprint density at radius 1 is 1.35 bits per heavy atom. The van der Waals surface area contributed by atoms with E-state index < -0.39 is 4.92 Å². The molecule has 0 fully saturated rings. The smallest absolute Gasteiger partial charge is 0.235 e. The quantitative estimate of drug-likeness (QED) is 0.588. The van der Waals surface area contributed by atoms with Crippen LogP contribution in [0.2, 0.25) is 0 Å². The number of hydrogen-bond donors (Lipinski definition) is 0. The second-order valence-corrected chi connectivity index (χ2v) is 4.11. The van der Waals surface area contributed by atoms with Gasteiger partial charge in [-0.05, 0) is 19.4 Å². The topological polar surface area (TPSA) is 48.1 Å². The van der Waals surface area contributed by atoms with E-state index in [1.807, 2.05) is 25.2 Å². The van der Waals surface area contributed by atoms with Gasteiger partial charge in [0.2, 0.25) is 6.20 Å². The lowest BCUT2D eigenvalue weighted by Gasteiger charge is -2.01. The fourth-order valence-electron chi connectivity index (χ4n) is 2.13. The number of aromatic nitrogens is 1. The van der Waals surface area contributed by atoms with Gasteiger partial charge in [0, 0.05) is 29.8 Å². The third kappa shape index (κ3) is 1.82. The van der Waals surface area contributed by atoms with E-state index in [0.29, 0.717) is 0 Å². The Bertz CT molecular complexity index is 624. The molecule has 17 heavy (non-hydrogen) atoms. The van der Waals surface area contributed by atoms with Crippen LogP contribution < -0.4 is 0 Å². The molecule has 0 atom stereocenters. The summed E-state index contributed by atoms with van der Waals surface area (Å²) < 4.78 is 2.07. The van der Waals surface area contributed by atoms with Crippen LogP contribution in [0.15, 0.2) is 24.4 Å². The highest BCUT2D eigenvalue weighted by Crippen LogP contribution is 2.27. The number of aryl methyl sites for hydroxylation is 2. The molecule has 0 unspecified atom stereocenters. The van der Waals surface area contributed by atoms with Crippen LogP contribution in [0.25, 0.3) is 17.0 Å². The van der Waals surface area contributed by atoms with Gasteiger partial charge in [0.1, 0.15) is 0 Å². The van der Waals surface area contributed by atoms with Crippen molar-refractivity contribution in [1.29, 1.82) is 0 Å². The Labute approximate surface area is 99.3 Å². The van der Waals surface area contributed by atoms with Gasteiger partial charge in [-0.2, -0.15) is 0 Å². The molecule has 0 aliphatic rings. The molecule has 4 nitrogen and oxygen atoms in total. The van der Waals surface area contributed by atoms with Crippen LogP contribution in [-0.2, 0) is 7.05 Å². The number of nitro groups is 1. The summed E-state index contributed by atoms with van der Waals surface area (Å²) in [5.74, 6) is 0. The summed E-state index contributed by atoms with van der Waals surface area (Å²) >= 11 is 0. The van der Waals surface area contributed by atoms with Gasteiger partial charge < -0.3 is 4.57 Å². The van der Waals surface area contributed by atoms with Crippen molar-refractivity contribution < 1.29 is 4.92 Å². The summed E-state index contributed by atoms with van der Waals surface area (Å²) in [6, 6.07) is 5.86. The lowest BCUT2D eigenvalue weighted by atomic mass is 10.1. The van der Waals surface area contributed by atoms with Crippen molar-refractivity contribution in [3.8, 4) is 0 Å². The van der Waals surface area contributed by atoms with Crippen LogP contribution in [0.1, 0.15) is 16.8 Å². The molecule has 1 aromatic carbocycles. The number of para-hydroxylation sites is 1. The van der Waals surface area contributed by atoms with Crippen LogP contribution in [0.3, 0.4) is 0 Å². The Morgan fingerprint density at radius 2 is 2.06 bits per heavy atom. The number of hydrogen-bond acceptors (Lipinski definition) is 2. The van der Waals surface area contributed by atoms with E-state index >= 15 is 0 Å². The number of rotatable bonds is 2. The highest BCUT2D eigenvalue weighted by molar-refractivity contribution is 5.91. The molecule has 0 bridgehead atoms. The molecule has 0 saturated carbocycles. The molecule has 0 saturated heterocycles. The van der Waals surface area contributed by atoms with Gasteiger partial charge in [0.15, 0.2) is 0 Å². The summed E-state index contributed by atoms with van der Waals surface area (Å²) in [7, 11) is 1.98. The molecule has 2 aromatic rings. The van der Waals surface area contributed by atoms with Crippen molar-refractivity contribution in [3.05, 3.63) is 51.3 Å². The lowest BCUT2D eigenvalue weighted by molar-refractivity contribution is -0.400. The van der Waals surface area contributed by atoms with Crippen molar-refractivity contribution in [2.45, 2.75) is 13.8 Å². The minimum atomic E-state index is -0.443. The second-order valence-electron chi connectivity index (χ2n) is 4.11. The zero-order chi connectivity index (χ0) is 12.6. The molecular formula is C13H14N2O2. The zero-order valence-electron chi connectivity index (χ0n) is 10.1. The molecule has 0 aliphatic heterocycles. The van der Waals surface area contributed by atoms with Gasteiger partial charge in [0.05, 0.1) is 10.4 Å². The standard InChI is InChI=1S/C13H14N2O2/c1-9-10(2)14(3)13-11(7-8-15(16)17)5-4-6-12(9)13/h4-8H,1-3H3. The summed E-state index contributed by atoms with van der Waals surface area (Å²) in [6.07, 6.45) is 2.52. The molecule has 0 spiro atoms. The largest absolute Gasteiger partial charge is 0.347 e. The van der Waals surface area contributed by atoms with E-state index in [1.165, 1.54) is 11.3 Å².